The standard InChI is InChI=1S/C17H21N7O/c1-4-11(2)20-15(25)10-19-14-8-12(3)21-17-22-16(23-24(14)17)13-6-5-7-18-9-13/h5-9,11,19H,4,10H2,1-3H3,(H,20,25). The molecule has 0 aliphatic heterocycles. The van der Waals surface area contributed by atoms with Crippen LogP contribution in [0.4, 0.5) is 5.82 Å². The molecule has 0 aliphatic rings. The van der Waals surface area contributed by atoms with Crippen molar-refractivity contribution in [2.24, 2.45) is 0 Å². The van der Waals surface area contributed by atoms with E-state index in [1.807, 2.05) is 39.0 Å². The van der Waals surface area contributed by atoms with Gasteiger partial charge in [0.1, 0.15) is 5.82 Å². The van der Waals surface area contributed by atoms with E-state index in [1.54, 1.807) is 16.9 Å². The summed E-state index contributed by atoms with van der Waals surface area (Å²) in [5.41, 5.74) is 1.61. The molecule has 0 aromatic carbocycles. The largest absolute Gasteiger partial charge is 0.361 e. The van der Waals surface area contributed by atoms with Gasteiger partial charge in [-0.3, -0.25) is 9.78 Å². The fraction of sp³-hybridized carbons (Fsp3) is 0.353. The van der Waals surface area contributed by atoms with E-state index >= 15 is 0 Å². The zero-order valence-corrected chi connectivity index (χ0v) is 14.5. The molecular formula is C17H21N7O. The lowest BCUT2D eigenvalue weighted by Crippen LogP contribution is -2.36. The van der Waals surface area contributed by atoms with Crippen molar-refractivity contribution in [1.82, 2.24) is 29.9 Å². The summed E-state index contributed by atoms with van der Waals surface area (Å²) in [4.78, 5) is 24.9. The number of anilines is 1. The molecular weight excluding hydrogens is 318 g/mol. The first-order valence-electron chi connectivity index (χ1n) is 8.25. The quantitative estimate of drug-likeness (QED) is 0.711. The van der Waals surface area contributed by atoms with Gasteiger partial charge < -0.3 is 10.6 Å². The number of hydrogen-bond acceptors (Lipinski definition) is 6. The van der Waals surface area contributed by atoms with Gasteiger partial charge in [0, 0.05) is 35.8 Å². The number of nitrogens with zero attached hydrogens (tertiary/aromatic N) is 5. The lowest BCUT2D eigenvalue weighted by Gasteiger charge is -2.12. The van der Waals surface area contributed by atoms with E-state index in [2.05, 4.69) is 30.7 Å². The van der Waals surface area contributed by atoms with Gasteiger partial charge in [0.05, 0.1) is 6.54 Å². The second-order valence-electron chi connectivity index (χ2n) is 5.90. The lowest BCUT2D eigenvalue weighted by molar-refractivity contribution is -0.120. The summed E-state index contributed by atoms with van der Waals surface area (Å²) in [6.07, 6.45) is 4.29. The number of pyridine rings is 1. The molecule has 25 heavy (non-hydrogen) atoms. The molecule has 1 atom stereocenters. The molecule has 0 radical (unpaired) electrons. The fourth-order valence-electron chi connectivity index (χ4n) is 2.33. The normalized spacial score (nSPS) is 12.1. The second-order valence-corrected chi connectivity index (χ2v) is 5.90. The van der Waals surface area contributed by atoms with Crippen LogP contribution in [-0.2, 0) is 4.79 Å². The van der Waals surface area contributed by atoms with Crippen molar-refractivity contribution in [3.05, 3.63) is 36.3 Å². The molecule has 0 saturated carbocycles. The van der Waals surface area contributed by atoms with Gasteiger partial charge in [-0.15, -0.1) is 5.10 Å². The Labute approximate surface area is 145 Å². The third kappa shape index (κ3) is 3.90. The van der Waals surface area contributed by atoms with Gasteiger partial charge in [0.2, 0.25) is 5.91 Å². The highest BCUT2D eigenvalue weighted by atomic mass is 16.2. The molecule has 3 heterocycles. The Morgan fingerprint density at radius 1 is 1.36 bits per heavy atom. The molecule has 8 nitrogen and oxygen atoms in total. The highest BCUT2D eigenvalue weighted by Gasteiger charge is 2.13. The number of amides is 1. The topological polar surface area (TPSA) is 97.1 Å². The van der Waals surface area contributed by atoms with E-state index in [9.17, 15) is 4.79 Å². The highest BCUT2D eigenvalue weighted by Crippen LogP contribution is 2.17. The Balaban J connectivity index is 1.85. The summed E-state index contributed by atoms with van der Waals surface area (Å²) in [6, 6.07) is 5.71. The van der Waals surface area contributed by atoms with E-state index in [0.29, 0.717) is 17.4 Å². The average molecular weight is 339 g/mol. The second kappa shape index (κ2) is 7.25. The zero-order valence-electron chi connectivity index (χ0n) is 14.5. The molecule has 130 valence electrons. The monoisotopic (exact) mass is 339 g/mol. The van der Waals surface area contributed by atoms with Crippen molar-refractivity contribution in [2.75, 3.05) is 11.9 Å². The van der Waals surface area contributed by atoms with Crippen molar-refractivity contribution in [3.8, 4) is 11.4 Å². The number of hydrogen-bond donors (Lipinski definition) is 2. The molecule has 0 spiro atoms. The van der Waals surface area contributed by atoms with Gasteiger partial charge in [-0.05, 0) is 32.4 Å². The minimum Gasteiger partial charge on any atom is -0.361 e. The number of aryl methyl sites for hydroxylation is 1. The summed E-state index contributed by atoms with van der Waals surface area (Å²) < 4.78 is 1.60. The number of fused-ring (bicyclic) bond motifs is 1. The van der Waals surface area contributed by atoms with E-state index in [4.69, 9.17) is 0 Å². The third-order valence-corrected chi connectivity index (χ3v) is 3.81. The van der Waals surface area contributed by atoms with E-state index in [0.717, 1.165) is 17.7 Å². The number of carbonyl (C=O) groups excluding carboxylic acids is 1. The SMILES string of the molecule is CCC(C)NC(=O)CNc1cc(C)nc2nc(-c3cccnc3)nn12. The number of carbonyl (C=O) groups is 1. The van der Waals surface area contributed by atoms with Crippen molar-refractivity contribution in [2.45, 2.75) is 33.2 Å². The Hall–Kier alpha value is -3.03. The summed E-state index contributed by atoms with van der Waals surface area (Å²) in [5, 5.41) is 10.5. The van der Waals surface area contributed by atoms with E-state index < -0.39 is 0 Å². The van der Waals surface area contributed by atoms with Gasteiger partial charge in [0.15, 0.2) is 5.82 Å². The van der Waals surface area contributed by atoms with Crippen LogP contribution in [0.2, 0.25) is 0 Å². The van der Waals surface area contributed by atoms with Crippen LogP contribution in [0.25, 0.3) is 17.2 Å². The molecule has 1 unspecified atom stereocenters. The Morgan fingerprint density at radius 3 is 2.92 bits per heavy atom. The van der Waals surface area contributed by atoms with Crippen LogP contribution < -0.4 is 10.6 Å². The maximum Gasteiger partial charge on any atom is 0.254 e. The smallest absolute Gasteiger partial charge is 0.254 e. The summed E-state index contributed by atoms with van der Waals surface area (Å²) in [7, 11) is 0. The van der Waals surface area contributed by atoms with Gasteiger partial charge in [-0.2, -0.15) is 9.50 Å². The molecule has 0 fully saturated rings. The molecule has 3 aromatic rings. The van der Waals surface area contributed by atoms with Gasteiger partial charge >= 0.3 is 0 Å². The molecule has 0 saturated heterocycles. The molecule has 0 bridgehead atoms. The summed E-state index contributed by atoms with van der Waals surface area (Å²) >= 11 is 0. The minimum absolute atomic E-state index is 0.0652. The summed E-state index contributed by atoms with van der Waals surface area (Å²) in [5.74, 6) is 1.62. The summed E-state index contributed by atoms with van der Waals surface area (Å²) in [6.45, 7) is 6.04. The van der Waals surface area contributed by atoms with Crippen LogP contribution in [0.15, 0.2) is 30.6 Å². The predicted octanol–water partition coefficient (Wildman–Crippen LogP) is 1.82. The number of rotatable bonds is 6. The van der Waals surface area contributed by atoms with Crippen LogP contribution in [0, 0.1) is 6.92 Å². The molecule has 1 amide bonds. The predicted molar refractivity (Wildman–Crippen MR) is 95.1 cm³/mol. The molecule has 3 rings (SSSR count). The van der Waals surface area contributed by atoms with Gasteiger partial charge in [-0.25, -0.2) is 4.98 Å². The minimum atomic E-state index is -0.0652. The van der Waals surface area contributed by atoms with Crippen LogP contribution in [0.3, 0.4) is 0 Å². The van der Waals surface area contributed by atoms with E-state index in [-0.39, 0.29) is 18.5 Å². The van der Waals surface area contributed by atoms with Crippen molar-refractivity contribution < 1.29 is 4.79 Å². The molecule has 0 aliphatic carbocycles. The van der Waals surface area contributed by atoms with Crippen molar-refractivity contribution in [1.29, 1.82) is 0 Å². The number of nitrogens with one attached hydrogen (secondary N) is 2. The first kappa shape index (κ1) is 16.8. The maximum absolute atomic E-state index is 12.0. The van der Waals surface area contributed by atoms with Gasteiger partial charge in [0.25, 0.3) is 5.78 Å². The maximum atomic E-state index is 12.0. The van der Waals surface area contributed by atoms with Crippen LogP contribution in [0.5, 0.6) is 0 Å². The lowest BCUT2D eigenvalue weighted by atomic mass is 10.2. The number of aromatic nitrogens is 5. The molecule has 8 heteroatoms. The Kier molecular flexibility index (Phi) is 4.87. The Morgan fingerprint density at radius 2 is 2.20 bits per heavy atom. The molecule has 3 aromatic heterocycles. The molecule has 2 N–H and O–H groups in total. The fourth-order valence-corrected chi connectivity index (χ4v) is 2.33. The van der Waals surface area contributed by atoms with Crippen LogP contribution in [0.1, 0.15) is 26.0 Å². The van der Waals surface area contributed by atoms with Crippen molar-refractivity contribution in [3.63, 3.8) is 0 Å². The van der Waals surface area contributed by atoms with E-state index in [1.165, 1.54) is 0 Å². The van der Waals surface area contributed by atoms with Gasteiger partial charge in [-0.1, -0.05) is 6.92 Å². The zero-order chi connectivity index (χ0) is 17.8. The highest BCUT2D eigenvalue weighted by molar-refractivity contribution is 5.80. The average Bonchev–Trinajstić information content (AvgIpc) is 3.04. The van der Waals surface area contributed by atoms with Crippen LogP contribution in [-0.4, -0.2) is 43.1 Å². The first-order chi connectivity index (χ1) is 12.1. The Bertz CT molecular complexity index is 875. The third-order valence-electron chi connectivity index (χ3n) is 3.81. The first-order valence-corrected chi connectivity index (χ1v) is 8.25. The van der Waals surface area contributed by atoms with Crippen molar-refractivity contribution >= 4 is 17.5 Å². The van der Waals surface area contributed by atoms with Crippen LogP contribution >= 0.6 is 0 Å².